The number of phenols is 1. The van der Waals surface area contributed by atoms with Crippen molar-refractivity contribution in [3.8, 4) is 5.75 Å². The van der Waals surface area contributed by atoms with Gasteiger partial charge in [-0.15, -0.1) is 0 Å². The molecule has 1 fully saturated rings. The smallest absolute Gasteiger partial charge is 0.238 e. The zero-order chi connectivity index (χ0) is 20.1. The number of piperidine rings is 1. The number of carbonyl (C=O) groups is 1. The molecule has 1 aromatic carbocycles. The fourth-order valence-corrected chi connectivity index (χ4v) is 3.97. The van der Waals surface area contributed by atoms with Crippen LogP contribution in [0.4, 0.5) is 11.5 Å². The van der Waals surface area contributed by atoms with Crippen molar-refractivity contribution < 1.29 is 9.90 Å². The number of aromatic nitrogens is 1. The van der Waals surface area contributed by atoms with E-state index in [-0.39, 0.29) is 11.7 Å². The van der Waals surface area contributed by atoms with Crippen LogP contribution in [0.3, 0.4) is 0 Å². The Bertz CT molecular complexity index is 855. The summed E-state index contributed by atoms with van der Waals surface area (Å²) in [6.45, 7) is 4.08. The number of hydrogen-bond acceptors (Lipinski definition) is 5. The van der Waals surface area contributed by atoms with E-state index in [0.29, 0.717) is 6.54 Å². The molecule has 6 nitrogen and oxygen atoms in total. The van der Waals surface area contributed by atoms with Crippen LogP contribution < -0.4 is 10.2 Å². The summed E-state index contributed by atoms with van der Waals surface area (Å²) >= 11 is 0. The van der Waals surface area contributed by atoms with E-state index in [9.17, 15) is 9.90 Å². The van der Waals surface area contributed by atoms with Gasteiger partial charge >= 0.3 is 0 Å². The Morgan fingerprint density at radius 3 is 2.48 bits per heavy atom. The molecule has 0 saturated carbocycles. The molecule has 0 bridgehead atoms. The SMILES string of the molecule is O=C(CN1CC=C(c2ccc(O)cc2)CC1)Nc1ccc(N2CCCCC2)nc1. The van der Waals surface area contributed by atoms with Crippen LogP contribution >= 0.6 is 0 Å². The molecule has 4 rings (SSSR count). The summed E-state index contributed by atoms with van der Waals surface area (Å²) < 4.78 is 0. The first kappa shape index (κ1) is 19.5. The van der Waals surface area contributed by atoms with Crippen LogP contribution in [0.1, 0.15) is 31.2 Å². The van der Waals surface area contributed by atoms with Crippen LogP contribution in [0, 0.1) is 0 Å². The highest BCUT2D eigenvalue weighted by molar-refractivity contribution is 5.92. The van der Waals surface area contributed by atoms with Gasteiger partial charge in [0.15, 0.2) is 0 Å². The lowest BCUT2D eigenvalue weighted by Gasteiger charge is -2.27. The third-order valence-electron chi connectivity index (χ3n) is 5.61. The van der Waals surface area contributed by atoms with Gasteiger partial charge < -0.3 is 15.3 Å². The lowest BCUT2D eigenvalue weighted by atomic mass is 9.99. The van der Waals surface area contributed by atoms with Crippen molar-refractivity contribution in [3.63, 3.8) is 0 Å². The van der Waals surface area contributed by atoms with E-state index in [0.717, 1.165) is 49.7 Å². The second-order valence-corrected chi connectivity index (χ2v) is 7.76. The van der Waals surface area contributed by atoms with Gasteiger partial charge in [0.2, 0.25) is 5.91 Å². The molecule has 2 aliphatic rings. The molecule has 0 unspecified atom stereocenters. The van der Waals surface area contributed by atoms with Gasteiger partial charge in [0.1, 0.15) is 11.6 Å². The predicted octanol–water partition coefficient (Wildman–Crippen LogP) is 3.51. The number of carbonyl (C=O) groups excluding carboxylic acids is 1. The van der Waals surface area contributed by atoms with Gasteiger partial charge in [-0.05, 0) is 61.1 Å². The summed E-state index contributed by atoms with van der Waals surface area (Å²) in [5, 5.41) is 12.4. The number of amides is 1. The highest BCUT2D eigenvalue weighted by atomic mass is 16.3. The number of nitrogens with zero attached hydrogens (tertiary/aromatic N) is 3. The number of rotatable bonds is 5. The van der Waals surface area contributed by atoms with Crippen LogP contribution in [0.15, 0.2) is 48.7 Å². The number of anilines is 2. The van der Waals surface area contributed by atoms with E-state index in [2.05, 4.69) is 26.2 Å². The maximum atomic E-state index is 12.4. The van der Waals surface area contributed by atoms with Crippen molar-refractivity contribution >= 4 is 23.0 Å². The average Bonchev–Trinajstić information content (AvgIpc) is 2.76. The first-order chi connectivity index (χ1) is 14.2. The number of aromatic hydroxyl groups is 1. The molecule has 2 aromatic rings. The summed E-state index contributed by atoms with van der Waals surface area (Å²) in [7, 11) is 0. The minimum atomic E-state index is -0.0148. The fraction of sp³-hybridized carbons (Fsp3) is 0.391. The zero-order valence-electron chi connectivity index (χ0n) is 16.7. The van der Waals surface area contributed by atoms with Crippen LogP contribution in [0.25, 0.3) is 5.57 Å². The van der Waals surface area contributed by atoms with Crippen LogP contribution in [0.5, 0.6) is 5.75 Å². The highest BCUT2D eigenvalue weighted by Crippen LogP contribution is 2.24. The van der Waals surface area contributed by atoms with Crippen LogP contribution in [-0.2, 0) is 4.79 Å². The molecule has 0 radical (unpaired) electrons. The monoisotopic (exact) mass is 392 g/mol. The van der Waals surface area contributed by atoms with E-state index >= 15 is 0 Å². The second-order valence-electron chi connectivity index (χ2n) is 7.76. The van der Waals surface area contributed by atoms with E-state index in [1.807, 2.05) is 24.3 Å². The minimum Gasteiger partial charge on any atom is -0.508 e. The first-order valence-corrected chi connectivity index (χ1v) is 10.4. The largest absolute Gasteiger partial charge is 0.508 e. The Hall–Kier alpha value is -2.86. The van der Waals surface area contributed by atoms with Crippen molar-refractivity contribution in [2.75, 3.05) is 42.9 Å². The Morgan fingerprint density at radius 1 is 1.03 bits per heavy atom. The van der Waals surface area contributed by atoms with Gasteiger partial charge in [0, 0.05) is 26.2 Å². The summed E-state index contributed by atoms with van der Waals surface area (Å²) in [6, 6.07) is 11.2. The maximum absolute atomic E-state index is 12.4. The lowest BCUT2D eigenvalue weighted by molar-refractivity contribution is -0.117. The predicted molar refractivity (Wildman–Crippen MR) is 116 cm³/mol. The van der Waals surface area contributed by atoms with Crippen molar-refractivity contribution in [2.24, 2.45) is 0 Å². The Labute approximate surface area is 171 Å². The van der Waals surface area contributed by atoms with Gasteiger partial charge in [-0.2, -0.15) is 0 Å². The molecular formula is C23H28N4O2. The van der Waals surface area contributed by atoms with Gasteiger partial charge in [-0.3, -0.25) is 9.69 Å². The highest BCUT2D eigenvalue weighted by Gasteiger charge is 2.16. The van der Waals surface area contributed by atoms with E-state index < -0.39 is 0 Å². The van der Waals surface area contributed by atoms with E-state index in [1.54, 1.807) is 18.3 Å². The van der Waals surface area contributed by atoms with Crippen molar-refractivity contribution in [1.29, 1.82) is 0 Å². The van der Waals surface area contributed by atoms with Gasteiger partial charge in [-0.1, -0.05) is 18.2 Å². The molecule has 0 atom stereocenters. The zero-order valence-corrected chi connectivity index (χ0v) is 16.7. The summed E-state index contributed by atoms with van der Waals surface area (Å²) in [5.74, 6) is 1.26. The molecule has 1 saturated heterocycles. The molecule has 3 heterocycles. The summed E-state index contributed by atoms with van der Waals surface area (Å²) in [6.07, 6.45) is 8.55. The number of hydrogen-bond donors (Lipinski definition) is 2. The Kier molecular flexibility index (Phi) is 6.10. The number of benzene rings is 1. The molecule has 1 aromatic heterocycles. The molecule has 2 N–H and O–H groups in total. The second kappa shape index (κ2) is 9.09. The molecule has 0 spiro atoms. The fourth-order valence-electron chi connectivity index (χ4n) is 3.97. The lowest BCUT2D eigenvalue weighted by Crippen LogP contribution is -2.36. The van der Waals surface area contributed by atoms with Crippen LogP contribution in [0.2, 0.25) is 0 Å². The topological polar surface area (TPSA) is 68.7 Å². The molecule has 0 aliphatic carbocycles. The average molecular weight is 393 g/mol. The van der Waals surface area contributed by atoms with Gasteiger partial charge in [0.25, 0.3) is 0 Å². The van der Waals surface area contributed by atoms with E-state index in [4.69, 9.17) is 0 Å². The molecule has 152 valence electrons. The normalized spacial score (nSPS) is 17.7. The molecule has 29 heavy (non-hydrogen) atoms. The first-order valence-electron chi connectivity index (χ1n) is 10.4. The van der Waals surface area contributed by atoms with Crippen molar-refractivity contribution in [1.82, 2.24) is 9.88 Å². The number of phenolic OH excluding ortho intramolecular Hbond substituents is 1. The number of pyridine rings is 1. The third-order valence-corrected chi connectivity index (χ3v) is 5.61. The Morgan fingerprint density at radius 2 is 1.83 bits per heavy atom. The summed E-state index contributed by atoms with van der Waals surface area (Å²) in [5.41, 5.74) is 3.14. The van der Waals surface area contributed by atoms with Crippen molar-refractivity contribution in [3.05, 3.63) is 54.2 Å². The third kappa shape index (κ3) is 5.15. The standard InChI is InChI=1S/C23H28N4O2/c28-21-7-4-18(5-8-21)19-10-14-26(15-11-19)17-23(29)25-20-6-9-22(24-16-20)27-12-2-1-3-13-27/h4-10,16,28H,1-3,11-15,17H2,(H,25,29). The maximum Gasteiger partial charge on any atom is 0.238 e. The molecule has 6 heteroatoms. The number of nitrogens with one attached hydrogen (secondary N) is 1. The molecular weight excluding hydrogens is 364 g/mol. The summed E-state index contributed by atoms with van der Waals surface area (Å²) in [4.78, 5) is 21.4. The van der Waals surface area contributed by atoms with Crippen molar-refractivity contribution in [2.45, 2.75) is 25.7 Å². The van der Waals surface area contributed by atoms with E-state index in [1.165, 1.54) is 24.8 Å². The molecule has 1 amide bonds. The minimum absolute atomic E-state index is 0.0148. The van der Waals surface area contributed by atoms with Gasteiger partial charge in [-0.25, -0.2) is 4.98 Å². The van der Waals surface area contributed by atoms with Gasteiger partial charge in [0.05, 0.1) is 18.4 Å². The quantitative estimate of drug-likeness (QED) is 0.815. The Balaban J connectivity index is 1.27. The molecule has 2 aliphatic heterocycles. The van der Waals surface area contributed by atoms with Crippen LogP contribution in [-0.4, -0.2) is 53.6 Å².